The zero-order valence-electron chi connectivity index (χ0n) is 16.4. The number of halogens is 1. The molecule has 0 aliphatic carbocycles. The quantitative estimate of drug-likeness (QED) is 0.663. The van der Waals surface area contributed by atoms with Gasteiger partial charge in [-0.05, 0) is 48.9 Å². The van der Waals surface area contributed by atoms with Crippen molar-refractivity contribution in [2.45, 2.75) is 24.2 Å². The Morgan fingerprint density at radius 1 is 1.20 bits per heavy atom. The molecule has 0 spiro atoms. The van der Waals surface area contributed by atoms with Gasteiger partial charge in [0, 0.05) is 31.6 Å². The summed E-state index contributed by atoms with van der Waals surface area (Å²) in [5.74, 6) is -0.551. The summed E-state index contributed by atoms with van der Waals surface area (Å²) >= 11 is 0. The van der Waals surface area contributed by atoms with Crippen LogP contribution in [0.15, 0.2) is 47.4 Å². The van der Waals surface area contributed by atoms with Crippen molar-refractivity contribution in [3.8, 4) is 5.75 Å². The number of amides is 2. The summed E-state index contributed by atoms with van der Waals surface area (Å²) < 4.78 is 45.8. The van der Waals surface area contributed by atoms with Crippen molar-refractivity contribution in [3.05, 3.63) is 48.3 Å². The lowest BCUT2D eigenvalue weighted by Crippen LogP contribution is -2.28. The number of hydrogen-bond acceptors (Lipinski definition) is 5. The van der Waals surface area contributed by atoms with Crippen molar-refractivity contribution in [3.63, 3.8) is 0 Å². The van der Waals surface area contributed by atoms with Crippen molar-refractivity contribution in [2.24, 2.45) is 0 Å². The zero-order chi connectivity index (χ0) is 21.7. The van der Waals surface area contributed by atoms with E-state index in [-0.39, 0.29) is 34.6 Å². The van der Waals surface area contributed by atoms with E-state index in [2.05, 4.69) is 10.0 Å². The second-order valence-corrected chi connectivity index (χ2v) is 8.44. The van der Waals surface area contributed by atoms with Gasteiger partial charge in [0.2, 0.25) is 11.8 Å². The van der Waals surface area contributed by atoms with Crippen LogP contribution in [0, 0.1) is 5.82 Å². The fourth-order valence-electron chi connectivity index (χ4n) is 3.08. The maximum atomic E-state index is 13.1. The van der Waals surface area contributed by atoms with E-state index in [4.69, 9.17) is 4.74 Å². The second kappa shape index (κ2) is 9.12. The van der Waals surface area contributed by atoms with Gasteiger partial charge in [-0.15, -0.1) is 0 Å². The number of likely N-dealkylation sites (tertiary alicyclic amines) is 1. The summed E-state index contributed by atoms with van der Waals surface area (Å²) in [5.41, 5.74) is 0.486. The highest BCUT2D eigenvalue weighted by molar-refractivity contribution is 7.92. The standard InChI is InChI=1S/C20H22FN3O5S/c1-29-18-9-6-15(22-19(25)10-12-24-11-2-3-20(24)26)13-17(18)23-30(27,28)16-7-4-14(21)5-8-16/h4-9,13,23H,2-3,10-12H2,1H3,(H,22,25). The molecule has 8 nitrogen and oxygen atoms in total. The lowest BCUT2D eigenvalue weighted by atomic mass is 10.2. The van der Waals surface area contributed by atoms with Crippen LogP contribution >= 0.6 is 0 Å². The number of nitrogens with one attached hydrogen (secondary N) is 2. The van der Waals surface area contributed by atoms with E-state index < -0.39 is 15.8 Å². The molecule has 2 aromatic carbocycles. The van der Waals surface area contributed by atoms with Gasteiger partial charge in [-0.3, -0.25) is 14.3 Å². The lowest BCUT2D eigenvalue weighted by Gasteiger charge is -2.16. The highest BCUT2D eigenvalue weighted by atomic mass is 32.2. The summed E-state index contributed by atoms with van der Waals surface area (Å²) in [5, 5.41) is 2.69. The van der Waals surface area contributed by atoms with E-state index in [9.17, 15) is 22.4 Å². The van der Waals surface area contributed by atoms with Gasteiger partial charge in [0.25, 0.3) is 10.0 Å². The molecule has 2 amide bonds. The maximum absolute atomic E-state index is 13.1. The van der Waals surface area contributed by atoms with Crippen LogP contribution in [0.25, 0.3) is 0 Å². The van der Waals surface area contributed by atoms with Gasteiger partial charge in [0.15, 0.2) is 0 Å². The van der Waals surface area contributed by atoms with E-state index in [0.29, 0.717) is 25.2 Å². The lowest BCUT2D eigenvalue weighted by molar-refractivity contribution is -0.128. The van der Waals surface area contributed by atoms with E-state index in [1.54, 1.807) is 11.0 Å². The molecule has 2 N–H and O–H groups in total. The molecule has 2 aromatic rings. The van der Waals surface area contributed by atoms with E-state index >= 15 is 0 Å². The fraction of sp³-hybridized carbons (Fsp3) is 0.300. The second-order valence-electron chi connectivity index (χ2n) is 6.76. The fourth-order valence-corrected chi connectivity index (χ4v) is 4.14. The number of methoxy groups -OCH3 is 1. The summed E-state index contributed by atoms with van der Waals surface area (Å²) in [4.78, 5) is 25.4. The first-order valence-electron chi connectivity index (χ1n) is 9.32. The molecule has 1 saturated heterocycles. The Morgan fingerprint density at radius 3 is 2.57 bits per heavy atom. The molecule has 1 aliphatic heterocycles. The molecule has 30 heavy (non-hydrogen) atoms. The first-order chi connectivity index (χ1) is 14.3. The minimum atomic E-state index is -3.99. The third kappa shape index (κ3) is 5.26. The first kappa shape index (κ1) is 21.6. The van der Waals surface area contributed by atoms with Crippen molar-refractivity contribution in [2.75, 3.05) is 30.2 Å². The molecule has 0 unspecified atom stereocenters. The van der Waals surface area contributed by atoms with Gasteiger partial charge in [-0.25, -0.2) is 12.8 Å². The van der Waals surface area contributed by atoms with Crippen molar-refractivity contribution in [1.29, 1.82) is 0 Å². The van der Waals surface area contributed by atoms with Gasteiger partial charge in [-0.1, -0.05) is 0 Å². The molecule has 0 atom stereocenters. The third-order valence-electron chi connectivity index (χ3n) is 4.63. The van der Waals surface area contributed by atoms with E-state index in [0.717, 1.165) is 30.7 Å². The highest BCUT2D eigenvalue weighted by Gasteiger charge is 2.21. The number of rotatable bonds is 8. The molecule has 1 fully saturated rings. The number of benzene rings is 2. The van der Waals surface area contributed by atoms with Gasteiger partial charge >= 0.3 is 0 Å². The number of sulfonamides is 1. The van der Waals surface area contributed by atoms with Gasteiger partial charge in [0.05, 0.1) is 17.7 Å². The van der Waals surface area contributed by atoms with Crippen LogP contribution in [-0.2, 0) is 19.6 Å². The smallest absolute Gasteiger partial charge is 0.262 e. The topological polar surface area (TPSA) is 105 Å². The molecular formula is C20H22FN3O5S. The third-order valence-corrected chi connectivity index (χ3v) is 6.01. The molecular weight excluding hydrogens is 413 g/mol. The van der Waals surface area contributed by atoms with Gasteiger partial charge in [0.1, 0.15) is 11.6 Å². The maximum Gasteiger partial charge on any atom is 0.262 e. The minimum Gasteiger partial charge on any atom is -0.495 e. The molecule has 1 aliphatic rings. The summed E-state index contributed by atoms with van der Waals surface area (Å²) in [6, 6.07) is 8.92. The number of anilines is 2. The van der Waals surface area contributed by atoms with Crippen molar-refractivity contribution >= 4 is 33.2 Å². The Morgan fingerprint density at radius 2 is 1.93 bits per heavy atom. The Kier molecular flexibility index (Phi) is 6.56. The average molecular weight is 435 g/mol. The summed E-state index contributed by atoms with van der Waals surface area (Å²) in [6.07, 6.45) is 1.45. The molecule has 160 valence electrons. The minimum absolute atomic E-state index is 0.0460. The molecule has 3 rings (SSSR count). The van der Waals surface area contributed by atoms with Crippen LogP contribution in [0.4, 0.5) is 15.8 Å². The van der Waals surface area contributed by atoms with E-state index in [1.165, 1.54) is 19.2 Å². The molecule has 1 heterocycles. The normalized spacial score (nSPS) is 13.9. The Bertz CT molecular complexity index is 1040. The summed E-state index contributed by atoms with van der Waals surface area (Å²) in [7, 11) is -2.60. The molecule has 10 heteroatoms. The van der Waals surface area contributed by atoms with Crippen LogP contribution in [-0.4, -0.2) is 45.3 Å². The number of nitrogens with zero attached hydrogens (tertiary/aromatic N) is 1. The van der Waals surface area contributed by atoms with Gasteiger partial charge < -0.3 is 15.0 Å². The number of carbonyl (C=O) groups excluding carboxylic acids is 2. The predicted octanol–water partition coefficient (Wildman–Crippen LogP) is 2.59. The number of hydrogen-bond donors (Lipinski definition) is 2. The Hall–Kier alpha value is -3.14. The van der Waals surface area contributed by atoms with Crippen LogP contribution < -0.4 is 14.8 Å². The average Bonchev–Trinajstić information content (AvgIpc) is 3.11. The van der Waals surface area contributed by atoms with Crippen LogP contribution in [0.3, 0.4) is 0 Å². The highest BCUT2D eigenvalue weighted by Crippen LogP contribution is 2.30. The van der Waals surface area contributed by atoms with Crippen molar-refractivity contribution in [1.82, 2.24) is 4.90 Å². The summed E-state index contributed by atoms with van der Waals surface area (Å²) in [6.45, 7) is 0.995. The Labute approximate surface area is 174 Å². The number of ether oxygens (including phenoxy) is 1. The SMILES string of the molecule is COc1ccc(NC(=O)CCN2CCCC2=O)cc1NS(=O)(=O)c1ccc(F)cc1. The van der Waals surface area contributed by atoms with Crippen molar-refractivity contribution < 1.29 is 27.1 Å². The van der Waals surface area contributed by atoms with Crippen LogP contribution in [0.2, 0.25) is 0 Å². The molecule has 0 radical (unpaired) electrons. The first-order valence-corrected chi connectivity index (χ1v) is 10.8. The van der Waals surface area contributed by atoms with E-state index in [1.807, 2.05) is 0 Å². The van der Waals surface area contributed by atoms with Crippen LogP contribution in [0.1, 0.15) is 19.3 Å². The molecule has 0 saturated carbocycles. The predicted molar refractivity (Wildman–Crippen MR) is 109 cm³/mol. The molecule has 0 aromatic heterocycles. The monoisotopic (exact) mass is 435 g/mol. The zero-order valence-corrected chi connectivity index (χ0v) is 17.2. The largest absolute Gasteiger partial charge is 0.495 e. The Balaban J connectivity index is 1.70. The van der Waals surface area contributed by atoms with Gasteiger partial charge in [-0.2, -0.15) is 0 Å². The van der Waals surface area contributed by atoms with Crippen LogP contribution in [0.5, 0.6) is 5.75 Å². The molecule has 0 bridgehead atoms. The number of carbonyl (C=O) groups is 2.